The third-order valence-electron chi connectivity index (χ3n) is 4.32. The zero-order valence-electron chi connectivity index (χ0n) is 13.4. The third-order valence-corrected chi connectivity index (χ3v) is 4.32. The van der Waals surface area contributed by atoms with Gasteiger partial charge in [-0.15, -0.1) is 0 Å². The summed E-state index contributed by atoms with van der Waals surface area (Å²) >= 11 is 0. The average Bonchev–Trinajstić information content (AvgIpc) is 2.54. The van der Waals surface area contributed by atoms with Crippen molar-refractivity contribution < 1.29 is 14.3 Å². The highest BCUT2D eigenvalue weighted by molar-refractivity contribution is 5.28. The van der Waals surface area contributed by atoms with E-state index < -0.39 is 5.43 Å². The fourth-order valence-electron chi connectivity index (χ4n) is 2.89. The molecule has 122 valence electrons. The normalized spacial score (nSPS) is 22.2. The summed E-state index contributed by atoms with van der Waals surface area (Å²) in [4.78, 5) is 13.8. The van der Waals surface area contributed by atoms with E-state index in [1.165, 1.54) is 17.2 Å². The predicted molar refractivity (Wildman–Crippen MR) is 86.4 cm³/mol. The Kier molecular flexibility index (Phi) is 4.50. The second-order valence-electron chi connectivity index (χ2n) is 6.05. The summed E-state index contributed by atoms with van der Waals surface area (Å²) in [6, 6.07) is 9.80. The number of rotatable bonds is 3. The zero-order valence-corrected chi connectivity index (χ0v) is 13.4. The lowest BCUT2D eigenvalue weighted by molar-refractivity contribution is -0.0654. The van der Waals surface area contributed by atoms with Crippen LogP contribution in [0.15, 0.2) is 45.8 Å². The van der Waals surface area contributed by atoms with Crippen LogP contribution >= 0.6 is 0 Å². The summed E-state index contributed by atoms with van der Waals surface area (Å²) in [5, 5.41) is 9.28. The molecule has 1 saturated heterocycles. The number of benzene rings is 1. The standard InChI is InChI=1S/C18H21NO4/c1-12-5-3-4-6-15(12)18-9-19(13(2)10-23-18)8-14-7-16(20)17(21)11-22-14/h3-7,11,13,18,21H,8-10H2,1-2H3/t13-,18+/m0/s1. The number of hydrogen-bond acceptors (Lipinski definition) is 5. The minimum Gasteiger partial charge on any atom is -0.502 e. The van der Waals surface area contributed by atoms with E-state index in [0.717, 1.165) is 12.8 Å². The van der Waals surface area contributed by atoms with Crippen LogP contribution < -0.4 is 5.43 Å². The van der Waals surface area contributed by atoms with Gasteiger partial charge in [-0.1, -0.05) is 24.3 Å². The molecule has 2 atom stereocenters. The van der Waals surface area contributed by atoms with Crippen LogP contribution in [0.25, 0.3) is 0 Å². The Balaban J connectivity index is 1.77. The Morgan fingerprint density at radius 3 is 2.87 bits per heavy atom. The SMILES string of the molecule is Cc1ccccc1[C@H]1CN(Cc2cc(=O)c(O)co2)[C@@H](C)CO1. The van der Waals surface area contributed by atoms with Gasteiger partial charge in [-0.25, -0.2) is 0 Å². The van der Waals surface area contributed by atoms with Gasteiger partial charge in [0.15, 0.2) is 5.75 Å². The van der Waals surface area contributed by atoms with Gasteiger partial charge >= 0.3 is 0 Å². The van der Waals surface area contributed by atoms with E-state index in [1.54, 1.807) is 0 Å². The van der Waals surface area contributed by atoms with Crippen LogP contribution in [-0.2, 0) is 11.3 Å². The fourth-order valence-corrected chi connectivity index (χ4v) is 2.89. The van der Waals surface area contributed by atoms with Crippen molar-refractivity contribution >= 4 is 0 Å². The molecular formula is C18H21NO4. The maximum Gasteiger partial charge on any atom is 0.226 e. The quantitative estimate of drug-likeness (QED) is 0.943. The van der Waals surface area contributed by atoms with E-state index in [1.807, 2.05) is 12.1 Å². The Labute approximate surface area is 135 Å². The molecule has 0 spiro atoms. The molecular weight excluding hydrogens is 294 g/mol. The Bertz CT molecular complexity index is 740. The van der Waals surface area contributed by atoms with Crippen LogP contribution in [0.3, 0.4) is 0 Å². The molecule has 3 rings (SSSR count). The number of aryl methyl sites for hydroxylation is 1. The van der Waals surface area contributed by atoms with E-state index in [0.29, 0.717) is 18.9 Å². The number of morpholine rings is 1. The van der Waals surface area contributed by atoms with Crippen LogP contribution in [0, 0.1) is 6.92 Å². The first-order chi connectivity index (χ1) is 11.0. The molecule has 2 heterocycles. The van der Waals surface area contributed by atoms with E-state index in [9.17, 15) is 9.90 Å². The van der Waals surface area contributed by atoms with Gasteiger partial charge in [0, 0.05) is 18.7 Å². The molecule has 0 bridgehead atoms. The lowest BCUT2D eigenvalue weighted by atomic mass is 10.0. The Morgan fingerprint density at radius 2 is 2.13 bits per heavy atom. The predicted octanol–water partition coefficient (Wildman–Crippen LogP) is 2.62. The maximum absolute atomic E-state index is 11.5. The van der Waals surface area contributed by atoms with Crippen LogP contribution in [0.2, 0.25) is 0 Å². The number of hydrogen-bond donors (Lipinski definition) is 1. The van der Waals surface area contributed by atoms with Gasteiger partial charge < -0.3 is 14.3 Å². The third kappa shape index (κ3) is 3.46. The van der Waals surface area contributed by atoms with Crippen molar-refractivity contribution in [2.24, 2.45) is 0 Å². The molecule has 5 nitrogen and oxygen atoms in total. The second kappa shape index (κ2) is 6.56. The summed E-state index contributed by atoms with van der Waals surface area (Å²) in [5.41, 5.74) is 1.99. The molecule has 0 unspecified atom stereocenters. The molecule has 0 radical (unpaired) electrons. The smallest absolute Gasteiger partial charge is 0.226 e. The van der Waals surface area contributed by atoms with Gasteiger partial charge in [0.25, 0.3) is 0 Å². The topological polar surface area (TPSA) is 62.9 Å². The van der Waals surface area contributed by atoms with Crippen LogP contribution in [0.1, 0.15) is 29.9 Å². The highest BCUT2D eigenvalue weighted by atomic mass is 16.5. The van der Waals surface area contributed by atoms with Crippen molar-refractivity contribution in [2.45, 2.75) is 32.5 Å². The summed E-state index contributed by atoms with van der Waals surface area (Å²) in [6.07, 6.45) is 1.11. The molecule has 2 aromatic rings. The lowest BCUT2D eigenvalue weighted by Gasteiger charge is -2.38. The molecule has 0 amide bonds. The van der Waals surface area contributed by atoms with Gasteiger partial charge in [-0.2, -0.15) is 0 Å². The second-order valence-corrected chi connectivity index (χ2v) is 6.05. The molecule has 1 N–H and O–H groups in total. The van der Waals surface area contributed by atoms with Crippen molar-refractivity contribution in [1.82, 2.24) is 4.90 Å². The monoisotopic (exact) mass is 315 g/mol. The first-order valence-corrected chi connectivity index (χ1v) is 7.76. The molecule has 1 aromatic carbocycles. The molecule has 1 aliphatic rings. The first-order valence-electron chi connectivity index (χ1n) is 7.76. The molecule has 1 fully saturated rings. The van der Waals surface area contributed by atoms with Gasteiger partial charge in [0.1, 0.15) is 12.0 Å². The van der Waals surface area contributed by atoms with E-state index in [-0.39, 0.29) is 17.9 Å². The van der Waals surface area contributed by atoms with E-state index in [4.69, 9.17) is 9.15 Å². The highest BCUT2D eigenvalue weighted by Crippen LogP contribution is 2.28. The molecule has 1 aliphatic heterocycles. The lowest BCUT2D eigenvalue weighted by Crippen LogP contribution is -2.44. The van der Waals surface area contributed by atoms with Gasteiger partial charge in [0.05, 0.1) is 19.3 Å². The summed E-state index contributed by atoms with van der Waals surface area (Å²) in [6.45, 7) is 6.05. The van der Waals surface area contributed by atoms with Crippen molar-refractivity contribution in [3.63, 3.8) is 0 Å². The number of aromatic hydroxyl groups is 1. The van der Waals surface area contributed by atoms with E-state index in [2.05, 4.69) is 30.9 Å². The van der Waals surface area contributed by atoms with Gasteiger partial charge in [-0.3, -0.25) is 9.69 Å². The van der Waals surface area contributed by atoms with Crippen LogP contribution in [-0.4, -0.2) is 29.2 Å². The van der Waals surface area contributed by atoms with Crippen molar-refractivity contribution in [3.8, 4) is 5.75 Å². The summed E-state index contributed by atoms with van der Waals surface area (Å²) in [7, 11) is 0. The first kappa shape index (κ1) is 15.8. The minimum atomic E-state index is -0.414. The Hall–Kier alpha value is -2.11. The zero-order chi connectivity index (χ0) is 16.4. The molecule has 5 heteroatoms. The molecule has 0 aliphatic carbocycles. The molecule has 0 saturated carbocycles. The summed E-state index contributed by atoms with van der Waals surface area (Å²) in [5.74, 6) is 0.187. The van der Waals surface area contributed by atoms with Crippen LogP contribution in [0.5, 0.6) is 5.75 Å². The molecule has 23 heavy (non-hydrogen) atoms. The maximum atomic E-state index is 11.5. The number of ether oxygens (including phenoxy) is 1. The van der Waals surface area contributed by atoms with E-state index >= 15 is 0 Å². The van der Waals surface area contributed by atoms with Gasteiger partial charge in [-0.05, 0) is 25.0 Å². The van der Waals surface area contributed by atoms with Crippen molar-refractivity contribution in [1.29, 1.82) is 0 Å². The van der Waals surface area contributed by atoms with Crippen molar-refractivity contribution in [3.05, 3.63) is 63.7 Å². The molecule has 1 aromatic heterocycles. The van der Waals surface area contributed by atoms with Gasteiger partial charge in [0.2, 0.25) is 5.43 Å². The van der Waals surface area contributed by atoms with Crippen LogP contribution in [0.4, 0.5) is 0 Å². The minimum absolute atomic E-state index is 0.0104. The summed E-state index contributed by atoms with van der Waals surface area (Å²) < 4.78 is 11.3. The number of nitrogens with zero attached hydrogens (tertiary/aromatic N) is 1. The average molecular weight is 315 g/mol. The highest BCUT2D eigenvalue weighted by Gasteiger charge is 2.28. The fraction of sp³-hybridized carbons (Fsp3) is 0.389. The largest absolute Gasteiger partial charge is 0.502 e. The Morgan fingerprint density at radius 1 is 1.35 bits per heavy atom. The van der Waals surface area contributed by atoms with Crippen molar-refractivity contribution in [2.75, 3.05) is 13.2 Å².